The van der Waals surface area contributed by atoms with E-state index in [1.165, 1.54) is 12.1 Å². The van der Waals surface area contributed by atoms with E-state index in [0.29, 0.717) is 10.6 Å². The van der Waals surface area contributed by atoms with Crippen LogP contribution in [0.4, 0.5) is 0 Å². The maximum atomic E-state index is 12.2. The third kappa shape index (κ3) is 3.21. The first-order valence-corrected chi connectivity index (χ1v) is 7.52. The van der Waals surface area contributed by atoms with Crippen LogP contribution in [-0.2, 0) is 10.1 Å². The van der Waals surface area contributed by atoms with Crippen LogP contribution < -0.4 is 4.18 Å². The second kappa shape index (κ2) is 5.41. The van der Waals surface area contributed by atoms with Crippen molar-refractivity contribution in [3.8, 4) is 5.75 Å². The average Bonchev–Trinajstić information content (AvgIpc) is 2.34. The van der Waals surface area contributed by atoms with Crippen LogP contribution in [0.3, 0.4) is 0 Å². The van der Waals surface area contributed by atoms with Crippen molar-refractivity contribution in [2.75, 3.05) is 0 Å². The number of para-hydroxylation sites is 1. The number of benzene rings is 2. The Morgan fingerprint density at radius 2 is 1.58 bits per heavy atom. The van der Waals surface area contributed by atoms with Gasteiger partial charge in [0.25, 0.3) is 0 Å². The Labute approximate surface area is 121 Å². The fourth-order valence-electron chi connectivity index (χ4n) is 1.54. The molecule has 0 aliphatic carbocycles. The first kappa shape index (κ1) is 14.2. The highest BCUT2D eigenvalue weighted by molar-refractivity contribution is 7.87. The van der Waals surface area contributed by atoms with Crippen molar-refractivity contribution in [2.45, 2.75) is 11.8 Å². The van der Waals surface area contributed by atoms with Crippen molar-refractivity contribution < 1.29 is 12.6 Å². The molecule has 0 unspecified atom stereocenters. The van der Waals surface area contributed by atoms with Crippen molar-refractivity contribution in [1.29, 1.82) is 0 Å². The van der Waals surface area contributed by atoms with Crippen molar-refractivity contribution in [3.05, 3.63) is 58.1 Å². The predicted octanol–water partition coefficient (Wildman–Crippen LogP) is 4.07. The summed E-state index contributed by atoms with van der Waals surface area (Å²) in [6.07, 6.45) is 0. The van der Waals surface area contributed by atoms with Crippen molar-refractivity contribution in [2.24, 2.45) is 0 Å². The van der Waals surface area contributed by atoms with E-state index < -0.39 is 10.1 Å². The highest BCUT2D eigenvalue weighted by atomic mass is 35.5. The minimum Gasteiger partial charge on any atom is -0.379 e. The van der Waals surface area contributed by atoms with E-state index in [0.717, 1.165) is 0 Å². The number of aryl methyl sites for hydroxylation is 1. The van der Waals surface area contributed by atoms with Gasteiger partial charge in [-0.2, -0.15) is 8.42 Å². The smallest absolute Gasteiger partial charge is 0.339 e. The summed E-state index contributed by atoms with van der Waals surface area (Å²) >= 11 is 11.7. The van der Waals surface area contributed by atoms with Crippen molar-refractivity contribution >= 4 is 33.3 Å². The normalized spacial score (nSPS) is 11.3. The maximum absolute atomic E-state index is 12.2. The number of halogens is 2. The highest BCUT2D eigenvalue weighted by Gasteiger charge is 2.20. The molecular weight excluding hydrogens is 307 g/mol. The lowest BCUT2D eigenvalue weighted by Crippen LogP contribution is -2.11. The standard InChI is InChI=1S/C13H10Cl2O3S/c1-9-7-11(14)12(15)8-13(9)19(16,17)18-10-5-3-2-4-6-10/h2-8H,1H3. The molecule has 6 heteroatoms. The van der Waals surface area contributed by atoms with E-state index in [2.05, 4.69) is 0 Å². The molecule has 2 aromatic rings. The van der Waals surface area contributed by atoms with Gasteiger partial charge in [-0.3, -0.25) is 0 Å². The van der Waals surface area contributed by atoms with E-state index in [1.807, 2.05) is 0 Å². The van der Waals surface area contributed by atoms with Gasteiger partial charge in [0.15, 0.2) is 0 Å². The van der Waals surface area contributed by atoms with Gasteiger partial charge in [-0.1, -0.05) is 41.4 Å². The first-order chi connectivity index (χ1) is 8.90. The van der Waals surface area contributed by atoms with Crippen LogP contribution in [0.15, 0.2) is 47.4 Å². The molecule has 0 fully saturated rings. The van der Waals surface area contributed by atoms with Crippen LogP contribution in [0.25, 0.3) is 0 Å². The Morgan fingerprint density at radius 1 is 1.00 bits per heavy atom. The molecule has 100 valence electrons. The zero-order valence-corrected chi connectivity index (χ0v) is 12.3. The molecule has 0 radical (unpaired) electrons. The molecule has 3 nitrogen and oxygen atoms in total. The second-order valence-electron chi connectivity index (χ2n) is 3.88. The van der Waals surface area contributed by atoms with Crippen LogP contribution in [0.5, 0.6) is 5.75 Å². The summed E-state index contributed by atoms with van der Waals surface area (Å²) in [7, 11) is -3.93. The van der Waals surface area contributed by atoms with Gasteiger partial charge < -0.3 is 4.18 Å². The molecule has 0 heterocycles. The molecule has 0 aromatic heterocycles. The molecule has 0 amide bonds. The third-order valence-corrected chi connectivity index (χ3v) is 4.55. The molecule has 0 saturated heterocycles. The van der Waals surface area contributed by atoms with Crippen LogP contribution in [0.2, 0.25) is 10.0 Å². The number of hydrogen-bond donors (Lipinski definition) is 0. The average molecular weight is 317 g/mol. The lowest BCUT2D eigenvalue weighted by molar-refractivity contribution is 0.485. The van der Waals surface area contributed by atoms with E-state index in [-0.39, 0.29) is 15.7 Å². The zero-order valence-electron chi connectivity index (χ0n) is 9.93. The topological polar surface area (TPSA) is 43.4 Å². The summed E-state index contributed by atoms with van der Waals surface area (Å²) in [6, 6.07) is 11.0. The Kier molecular flexibility index (Phi) is 4.04. The largest absolute Gasteiger partial charge is 0.379 e. The minimum atomic E-state index is -3.93. The Hall–Kier alpha value is -1.23. The van der Waals surface area contributed by atoms with Crippen LogP contribution in [0.1, 0.15) is 5.56 Å². The van der Waals surface area contributed by atoms with Crippen LogP contribution >= 0.6 is 23.2 Å². The summed E-state index contributed by atoms with van der Waals surface area (Å²) in [5, 5.41) is 0.473. The monoisotopic (exact) mass is 316 g/mol. The molecule has 19 heavy (non-hydrogen) atoms. The SMILES string of the molecule is Cc1cc(Cl)c(Cl)cc1S(=O)(=O)Oc1ccccc1. The maximum Gasteiger partial charge on any atom is 0.339 e. The van der Waals surface area contributed by atoms with Gasteiger partial charge in [-0.05, 0) is 36.8 Å². The van der Waals surface area contributed by atoms with Crippen molar-refractivity contribution in [3.63, 3.8) is 0 Å². The summed E-state index contributed by atoms with van der Waals surface area (Å²) in [4.78, 5) is 0.00533. The van der Waals surface area contributed by atoms with Crippen LogP contribution in [-0.4, -0.2) is 8.42 Å². The highest BCUT2D eigenvalue weighted by Crippen LogP contribution is 2.29. The number of rotatable bonds is 3. The third-order valence-electron chi connectivity index (χ3n) is 2.44. The molecule has 2 aromatic carbocycles. The van der Waals surface area contributed by atoms with Gasteiger partial charge in [0.1, 0.15) is 10.6 Å². The molecule has 0 aliphatic heterocycles. The predicted molar refractivity (Wildman–Crippen MR) is 75.5 cm³/mol. The lowest BCUT2D eigenvalue weighted by atomic mass is 10.2. The molecule has 2 rings (SSSR count). The van der Waals surface area contributed by atoms with E-state index in [1.54, 1.807) is 37.3 Å². The van der Waals surface area contributed by atoms with E-state index in [4.69, 9.17) is 27.4 Å². The molecule has 0 N–H and O–H groups in total. The Balaban J connectivity index is 2.43. The quantitative estimate of drug-likeness (QED) is 0.802. The lowest BCUT2D eigenvalue weighted by Gasteiger charge is -2.10. The zero-order chi connectivity index (χ0) is 14.0. The van der Waals surface area contributed by atoms with Gasteiger partial charge in [-0.15, -0.1) is 0 Å². The van der Waals surface area contributed by atoms with E-state index >= 15 is 0 Å². The summed E-state index contributed by atoms with van der Waals surface area (Å²) in [5.41, 5.74) is 0.477. The van der Waals surface area contributed by atoms with Gasteiger partial charge >= 0.3 is 10.1 Å². The molecule has 0 saturated carbocycles. The molecule has 0 aliphatic rings. The minimum absolute atomic E-state index is 0.00533. The fourth-order valence-corrected chi connectivity index (χ4v) is 3.16. The summed E-state index contributed by atoms with van der Waals surface area (Å²) < 4.78 is 29.4. The van der Waals surface area contributed by atoms with Gasteiger partial charge in [0, 0.05) is 0 Å². The van der Waals surface area contributed by atoms with E-state index in [9.17, 15) is 8.42 Å². The first-order valence-electron chi connectivity index (χ1n) is 5.35. The number of hydrogen-bond acceptors (Lipinski definition) is 3. The summed E-state index contributed by atoms with van der Waals surface area (Å²) in [6.45, 7) is 1.63. The van der Waals surface area contributed by atoms with Gasteiger partial charge in [0.05, 0.1) is 10.0 Å². The fraction of sp³-hybridized carbons (Fsp3) is 0.0769. The second-order valence-corrected chi connectivity index (χ2v) is 6.21. The Morgan fingerprint density at radius 3 is 2.21 bits per heavy atom. The van der Waals surface area contributed by atoms with Gasteiger partial charge in [-0.25, -0.2) is 0 Å². The molecule has 0 spiro atoms. The molecular formula is C13H10Cl2O3S. The summed E-state index contributed by atoms with van der Waals surface area (Å²) in [5.74, 6) is 0.243. The van der Waals surface area contributed by atoms with Crippen LogP contribution in [0, 0.1) is 6.92 Å². The molecule has 0 atom stereocenters. The van der Waals surface area contributed by atoms with Gasteiger partial charge in [0.2, 0.25) is 0 Å². The molecule has 0 bridgehead atoms. The van der Waals surface area contributed by atoms with Crippen molar-refractivity contribution in [1.82, 2.24) is 0 Å². The Bertz CT molecular complexity index is 697.